The number of aliphatic imine (C=N–C) groups is 1. The second kappa shape index (κ2) is 8.95. The molecule has 0 saturated carbocycles. The second-order valence-corrected chi connectivity index (χ2v) is 6.79. The Balaban J connectivity index is 1.47. The Morgan fingerprint density at radius 3 is 2.23 bits per heavy atom. The molecule has 4 rings (SSSR count). The van der Waals surface area contributed by atoms with Gasteiger partial charge in [-0.3, -0.25) is 0 Å². The molecule has 1 unspecified atom stereocenters. The minimum absolute atomic E-state index is 0.0261. The van der Waals surface area contributed by atoms with Gasteiger partial charge in [0.1, 0.15) is 35.6 Å². The molecule has 0 fully saturated rings. The lowest BCUT2D eigenvalue weighted by molar-refractivity contribution is 0.104. The highest BCUT2D eigenvalue weighted by molar-refractivity contribution is 5.95. The molecule has 1 heterocycles. The van der Waals surface area contributed by atoms with Crippen molar-refractivity contribution in [3.05, 3.63) is 89.5 Å². The Bertz CT molecular complexity index is 1090. The van der Waals surface area contributed by atoms with Crippen molar-refractivity contribution in [1.82, 2.24) is 0 Å². The minimum Gasteiger partial charge on any atom is -0.475 e. The largest absolute Gasteiger partial charge is 0.513 e. The molecule has 3 aromatic rings. The third-order valence-corrected chi connectivity index (χ3v) is 4.77. The predicted molar refractivity (Wildman–Crippen MR) is 111 cm³/mol. The zero-order valence-corrected chi connectivity index (χ0v) is 16.7. The molecule has 0 saturated heterocycles. The molecule has 0 aromatic heterocycles. The molecule has 1 aliphatic rings. The average molecular weight is 423 g/mol. The van der Waals surface area contributed by atoms with E-state index in [0.717, 1.165) is 16.7 Å². The van der Waals surface area contributed by atoms with E-state index in [1.54, 1.807) is 19.1 Å². The van der Waals surface area contributed by atoms with Gasteiger partial charge in [0.05, 0.1) is 6.61 Å². The van der Waals surface area contributed by atoms with Crippen LogP contribution >= 0.6 is 0 Å². The van der Waals surface area contributed by atoms with Crippen LogP contribution in [0.3, 0.4) is 0 Å². The summed E-state index contributed by atoms with van der Waals surface area (Å²) >= 11 is 0. The minimum atomic E-state index is -0.742. The molecule has 1 atom stereocenters. The lowest BCUT2D eigenvalue weighted by Crippen LogP contribution is -2.09. The van der Waals surface area contributed by atoms with E-state index >= 15 is 0 Å². The maximum absolute atomic E-state index is 14.0. The van der Waals surface area contributed by atoms with Crippen LogP contribution in [0.2, 0.25) is 0 Å². The van der Waals surface area contributed by atoms with E-state index in [1.807, 2.05) is 36.4 Å². The van der Waals surface area contributed by atoms with Crippen molar-refractivity contribution in [3.8, 4) is 16.9 Å². The zero-order chi connectivity index (χ0) is 21.8. The normalized spacial score (nSPS) is 15.2. The topological polar surface area (TPSA) is 57.1 Å². The number of hydrogen-bond acceptors (Lipinski definition) is 5. The van der Waals surface area contributed by atoms with E-state index < -0.39 is 17.8 Å². The lowest BCUT2D eigenvalue weighted by Gasteiger charge is -2.08. The molecule has 0 N–H and O–H groups in total. The number of benzene rings is 3. The van der Waals surface area contributed by atoms with Crippen LogP contribution in [0.4, 0.5) is 13.6 Å². The maximum atomic E-state index is 14.0. The number of carbonyl (C=O) groups is 1. The van der Waals surface area contributed by atoms with Gasteiger partial charge in [0.25, 0.3) is 0 Å². The van der Waals surface area contributed by atoms with Crippen LogP contribution in [0.25, 0.3) is 11.1 Å². The van der Waals surface area contributed by atoms with Gasteiger partial charge in [-0.05, 0) is 47.9 Å². The molecule has 3 aromatic carbocycles. The number of hydrogen-bond donors (Lipinski definition) is 0. The highest BCUT2D eigenvalue weighted by atomic mass is 19.1. The van der Waals surface area contributed by atoms with Gasteiger partial charge in [-0.25, -0.2) is 18.6 Å². The zero-order valence-electron chi connectivity index (χ0n) is 16.7. The third-order valence-electron chi connectivity index (χ3n) is 4.77. The van der Waals surface area contributed by atoms with Gasteiger partial charge in [0.2, 0.25) is 5.90 Å². The molecule has 0 radical (unpaired) electrons. The fraction of sp³-hybridized carbons (Fsp3) is 0.167. The highest BCUT2D eigenvalue weighted by Gasteiger charge is 2.26. The molecular weight excluding hydrogens is 404 g/mol. The Kier molecular flexibility index (Phi) is 5.93. The summed E-state index contributed by atoms with van der Waals surface area (Å²) in [6, 6.07) is 18.0. The van der Waals surface area contributed by atoms with Crippen molar-refractivity contribution < 1.29 is 27.8 Å². The van der Waals surface area contributed by atoms with Crippen LogP contribution in [-0.2, 0) is 9.47 Å². The molecule has 0 bridgehead atoms. The van der Waals surface area contributed by atoms with Gasteiger partial charge in [-0.15, -0.1) is 0 Å². The van der Waals surface area contributed by atoms with Crippen LogP contribution in [0, 0.1) is 11.6 Å². The predicted octanol–water partition coefficient (Wildman–Crippen LogP) is 5.69. The summed E-state index contributed by atoms with van der Waals surface area (Å²) in [5.74, 6) is -1.04. The van der Waals surface area contributed by atoms with Crippen LogP contribution in [0.5, 0.6) is 5.75 Å². The summed E-state index contributed by atoms with van der Waals surface area (Å²) in [5, 5.41) is 0. The number of rotatable bonds is 5. The lowest BCUT2D eigenvalue weighted by atomic mass is 10.0. The highest BCUT2D eigenvalue weighted by Crippen LogP contribution is 2.29. The van der Waals surface area contributed by atoms with Gasteiger partial charge < -0.3 is 14.2 Å². The molecule has 0 aliphatic carbocycles. The van der Waals surface area contributed by atoms with E-state index in [0.29, 0.717) is 5.75 Å². The van der Waals surface area contributed by atoms with E-state index in [4.69, 9.17) is 14.2 Å². The average Bonchev–Trinajstić information content (AvgIpc) is 3.24. The van der Waals surface area contributed by atoms with Crippen molar-refractivity contribution in [2.45, 2.75) is 13.0 Å². The summed E-state index contributed by atoms with van der Waals surface area (Å²) in [6.45, 7) is 2.16. The molecule has 0 spiro atoms. The first-order valence-electron chi connectivity index (χ1n) is 9.75. The molecule has 7 heteroatoms. The smallest absolute Gasteiger partial charge is 0.475 e. The van der Waals surface area contributed by atoms with Crippen molar-refractivity contribution >= 4 is 12.1 Å². The number of carbonyl (C=O) groups excluding carboxylic acids is 1. The first-order chi connectivity index (χ1) is 15.0. The van der Waals surface area contributed by atoms with Crippen molar-refractivity contribution in [3.63, 3.8) is 0 Å². The van der Waals surface area contributed by atoms with Crippen LogP contribution in [0.15, 0.2) is 71.7 Å². The van der Waals surface area contributed by atoms with Crippen LogP contribution < -0.4 is 4.74 Å². The molecule has 0 amide bonds. The van der Waals surface area contributed by atoms with E-state index in [-0.39, 0.29) is 30.7 Å². The van der Waals surface area contributed by atoms with E-state index in [9.17, 15) is 13.6 Å². The fourth-order valence-corrected chi connectivity index (χ4v) is 3.24. The van der Waals surface area contributed by atoms with Crippen LogP contribution in [0.1, 0.15) is 24.1 Å². The molecule has 5 nitrogen and oxygen atoms in total. The van der Waals surface area contributed by atoms with Gasteiger partial charge in [-0.1, -0.05) is 42.5 Å². The number of nitrogens with zero attached hydrogens (tertiary/aromatic N) is 1. The van der Waals surface area contributed by atoms with E-state index in [1.165, 1.54) is 18.2 Å². The van der Waals surface area contributed by atoms with Crippen molar-refractivity contribution in [2.75, 3.05) is 13.2 Å². The Morgan fingerprint density at radius 1 is 1.00 bits per heavy atom. The van der Waals surface area contributed by atoms with Gasteiger partial charge in [0.15, 0.2) is 0 Å². The van der Waals surface area contributed by atoms with Gasteiger partial charge in [-0.2, -0.15) is 0 Å². The molecule has 158 valence electrons. The first kappa shape index (κ1) is 20.5. The molecule has 1 aliphatic heterocycles. The Morgan fingerprint density at radius 2 is 1.61 bits per heavy atom. The Hall–Kier alpha value is -3.74. The third kappa shape index (κ3) is 4.55. The SMILES string of the molecule is CCOC(=O)Oc1ccc(-c2ccc(C3COC(c4c(F)cccc4F)=N3)cc2)cc1. The summed E-state index contributed by atoms with van der Waals surface area (Å²) in [6.07, 6.45) is -0.742. The Labute approximate surface area is 177 Å². The van der Waals surface area contributed by atoms with Crippen LogP contribution in [-0.4, -0.2) is 25.3 Å². The van der Waals surface area contributed by atoms with Crippen molar-refractivity contribution in [1.29, 1.82) is 0 Å². The summed E-state index contributed by atoms with van der Waals surface area (Å²) in [5.41, 5.74) is 2.52. The molecule has 31 heavy (non-hydrogen) atoms. The fourth-order valence-electron chi connectivity index (χ4n) is 3.24. The monoisotopic (exact) mass is 423 g/mol. The number of ether oxygens (including phenoxy) is 3. The van der Waals surface area contributed by atoms with E-state index in [2.05, 4.69) is 4.99 Å². The van der Waals surface area contributed by atoms with Gasteiger partial charge in [0, 0.05) is 0 Å². The first-order valence-corrected chi connectivity index (χ1v) is 9.75. The summed E-state index contributed by atoms with van der Waals surface area (Å²) in [4.78, 5) is 15.7. The van der Waals surface area contributed by atoms with Gasteiger partial charge >= 0.3 is 6.16 Å². The number of halogens is 2. The van der Waals surface area contributed by atoms with Crippen molar-refractivity contribution in [2.24, 2.45) is 4.99 Å². The standard InChI is InChI=1S/C24H19F2NO4/c1-2-29-24(28)31-18-12-10-16(11-13-18)15-6-8-17(9-7-15)21-14-30-23(27-21)22-19(25)4-3-5-20(22)26/h3-13,21H,2,14H2,1H3. The summed E-state index contributed by atoms with van der Waals surface area (Å²) < 4.78 is 43.2. The quantitative estimate of drug-likeness (QED) is 0.391. The molecular formula is C24H19F2NO4. The maximum Gasteiger partial charge on any atom is 0.513 e. The summed E-state index contributed by atoms with van der Waals surface area (Å²) in [7, 11) is 0. The second-order valence-electron chi connectivity index (χ2n) is 6.79.